The van der Waals surface area contributed by atoms with Crippen LogP contribution in [0.2, 0.25) is 0 Å². The first-order valence-corrected chi connectivity index (χ1v) is 29.5. The molecule has 1 aromatic rings. The van der Waals surface area contributed by atoms with Crippen LogP contribution in [0.1, 0.15) is 57.4 Å². The van der Waals surface area contributed by atoms with Crippen LogP contribution < -0.4 is 31.9 Å². The average molecular weight is 1180 g/mol. The molecular weight excluding hydrogens is 1090 g/mol. The molecule has 2 saturated carbocycles. The number of ether oxygens (including phenoxy) is 10. The zero-order valence-electron chi connectivity index (χ0n) is 47.6. The second-order valence-corrected chi connectivity index (χ2v) is 20.5. The highest BCUT2D eigenvalue weighted by Gasteiger charge is 2.38. The predicted molar refractivity (Wildman–Crippen MR) is 297 cm³/mol. The Morgan fingerprint density at radius 1 is 0.573 bits per heavy atom. The number of rotatable bonds is 47. The standard InChI is InChI=1S/C55H87N7O19S/c1-40-32-50(67)62(54(40)70)37-42-8-10-44(11-9-42)52(68)56-14-15-72-16-17-73-18-19-74-20-21-75-22-23-76-24-25-77-26-27-78-28-29-79-30-31-80-38-49(66)58-34-46(63)57-36-48(65)61-45(33-41-6-4-3-5-7-41)53(69)59-35-47(64)60-39-81-51(43-12-13-43)55(71)82-2/h3-7,40,42-45,51H,8-39H2,1-2H3,(H,56,68)(H,57,63)(H,58,66)(H,59,69)(H,60,64)(H,61,65)/t40?,42?,44?,45-,51-/m0/s1. The zero-order valence-corrected chi connectivity index (χ0v) is 48.4. The number of imide groups is 1. The maximum absolute atomic E-state index is 13.1. The van der Waals surface area contributed by atoms with Crippen molar-refractivity contribution >= 4 is 64.1 Å². The van der Waals surface area contributed by atoms with Crippen LogP contribution in [0.25, 0.3) is 0 Å². The number of amides is 8. The van der Waals surface area contributed by atoms with Gasteiger partial charge in [-0.2, -0.15) is 0 Å². The molecule has 1 heterocycles. The number of carbonyl (C=O) groups excluding carboxylic acids is 9. The summed E-state index contributed by atoms with van der Waals surface area (Å²) in [5, 5.41) is 15.2. The normalized spacial score (nSPS) is 17.7. The summed E-state index contributed by atoms with van der Waals surface area (Å²) in [6.45, 7) is 7.20. The lowest BCUT2D eigenvalue weighted by Crippen LogP contribution is -2.52. The molecule has 1 saturated heterocycles. The number of likely N-dealkylation sites (tertiary alicyclic amines) is 1. The number of thioether (sulfide) groups is 1. The van der Waals surface area contributed by atoms with E-state index in [9.17, 15) is 43.2 Å². The molecule has 462 valence electrons. The number of nitrogens with zero attached hydrogens (tertiary/aromatic N) is 1. The lowest BCUT2D eigenvalue weighted by Gasteiger charge is -2.30. The molecule has 1 unspecified atom stereocenters. The van der Waals surface area contributed by atoms with Gasteiger partial charge in [0, 0.05) is 37.8 Å². The maximum atomic E-state index is 13.1. The third-order valence-corrected chi connectivity index (χ3v) is 13.8. The van der Waals surface area contributed by atoms with E-state index in [1.54, 1.807) is 43.5 Å². The first-order chi connectivity index (χ1) is 39.8. The van der Waals surface area contributed by atoms with E-state index in [-0.39, 0.29) is 79.5 Å². The molecule has 27 heteroatoms. The van der Waals surface area contributed by atoms with Crippen molar-refractivity contribution in [2.75, 3.05) is 165 Å². The quantitative estimate of drug-likeness (QED) is 0.0267. The lowest BCUT2D eigenvalue weighted by atomic mass is 9.81. The molecule has 1 aliphatic heterocycles. The molecule has 3 fully saturated rings. The van der Waals surface area contributed by atoms with E-state index in [1.807, 2.05) is 0 Å². The van der Waals surface area contributed by atoms with Gasteiger partial charge in [-0.1, -0.05) is 49.0 Å². The Labute approximate surface area is 484 Å². The monoisotopic (exact) mass is 1180 g/mol. The summed E-state index contributed by atoms with van der Waals surface area (Å²) in [6.07, 6.45) is 6.42. The van der Waals surface area contributed by atoms with Crippen molar-refractivity contribution in [2.45, 2.75) is 70.4 Å². The molecule has 3 atom stereocenters. The van der Waals surface area contributed by atoms with Gasteiger partial charge in [-0.05, 0) is 62.2 Å². The first-order valence-electron chi connectivity index (χ1n) is 28.3. The highest BCUT2D eigenvalue weighted by molar-refractivity contribution is 8.13. The first kappa shape index (κ1) is 69.3. The van der Waals surface area contributed by atoms with E-state index in [4.69, 9.17) is 47.4 Å². The Balaban J connectivity index is 0.839. The molecule has 8 amide bonds. The van der Waals surface area contributed by atoms with Crippen LogP contribution in [0.15, 0.2) is 30.3 Å². The number of nitrogens with one attached hydrogen (secondary N) is 6. The van der Waals surface area contributed by atoms with Gasteiger partial charge in [0.1, 0.15) is 25.5 Å². The minimum atomic E-state index is -1.08. The molecule has 0 spiro atoms. The summed E-state index contributed by atoms with van der Waals surface area (Å²) in [6, 6.07) is 7.84. The van der Waals surface area contributed by atoms with E-state index < -0.39 is 61.3 Å². The minimum absolute atomic E-state index is 0.0247. The molecule has 82 heavy (non-hydrogen) atoms. The fourth-order valence-electron chi connectivity index (χ4n) is 8.47. The second kappa shape index (κ2) is 42.6. The molecule has 4 rings (SSSR count). The molecule has 26 nitrogen and oxygen atoms in total. The summed E-state index contributed by atoms with van der Waals surface area (Å²) in [5.41, 5.74) is 0.743. The summed E-state index contributed by atoms with van der Waals surface area (Å²) < 4.78 is 54.9. The summed E-state index contributed by atoms with van der Waals surface area (Å²) >= 11 is 1.07. The van der Waals surface area contributed by atoms with Gasteiger partial charge in [0.2, 0.25) is 52.4 Å². The van der Waals surface area contributed by atoms with Crippen molar-refractivity contribution in [3.63, 3.8) is 0 Å². The van der Waals surface area contributed by atoms with Crippen molar-refractivity contribution in [3.8, 4) is 0 Å². The van der Waals surface area contributed by atoms with Gasteiger partial charge < -0.3 is 79.3 Å². The largest absolute Gasteiger partial charge is 0.377 e. The highest BCUT2D eigenvalue weighted by atomic mass is 32.2. The van der Waals surface area contributed by atoms with E-state index in [2.05, 4.69) is 31.9 Å². The van der Waals surface area contributed by atoms with Crippen molar-refractivity contribution in [1.29, 1.82) is 0 Å². The average Bonchev–Trinajstić information content (AvgIpc) is 4.30. The Hall–Kier alpha value is -5.20. The van der Waals surface area contributed by atoms with Crippen LogP contribution in [0.5, 0.6) is 0 Å². The van der Waals surface area contributed by atoms with Gasteiger partial charge in [0.15, 0.2) is 0 Å². The SMILES string of the molecule is CSC(=O)[C@@H](OCNC(=O)CNC(=O)[C@H](Cc1ccccc1)NC(=O)CNC(=O)CNC(=O)COCCOCCOCCOCCOCCOCCOCCOCCOCCNC(=O)C1CCC(CN2C(=O)CC(C)C2=O)CC1)C1CC1. The Morgan fingerprint density at radius 3 is 1.57 bits per heavy atom. The minimum Gasteiger partial charge on any atom is -0.377 e. The lowest BCUT2D eigenvalue weighted by molar-refractivity contribution is -0.140. The van der Waals surface area contributed by atoms with Gasteiger partial charge in [-0.3, -0.25) is 48.1 Å². The third kappa shape index (κ3) is 30.9. The van der Waals surface area contributed by atoms with Gasteiger partial charge in [0.05, 0.1) is 132 Å². The Bertz CT molecular complexity index is 2070. The van der Waals surface area contributed by atoms with Crippen molar-refractivity contribution in [3.05, 3.63) is 35.9 Å². The van der Waals surface area contributed by atoms with Crippen LogP contribution in [-0.2, 0) is 96.9 Å². The van der Waals surface area contributed by atoms with Crippen molar-refractivity contribution < 1.29 is 90.5 Å². The van der Waals surface area contributed by atoms with E-state index in [0.29, 0.717) is 119 Å². The molecule has 0 radical (unpaired) electrons. The zero-order chi connectivity index (χ0) is 59.0. The van der Waals surface area contributed by atoms with Crippen LogP contribution in [-0.4, -0.2) is 234 Å². The summed E-state index contributed by atoms with van der Waals surface area (Å²) in [4.78, 5) is 113. The number of carbonyl (C=O) groups is 9. The molecule has 1 aromatic carbocycles. The Morgan fingerprint density at radius 2 is 1.06 bits per heavy atom. The van der Waals surface area contributed by atoms with Gasteiger partial charge in [0.25, 0.3) is 0 Å². The van der Waals surface area contributed by atoms with Gasteiger partial charge in [-0.15, -0.1) is 0 Å². The molecule has 0 bridgehead atoms. The van der Waals surface area contributed by atoms with Crippen molar-refractivity contribution in [2.24, 2.45) is 23.7 Å². The topological polar surface area (TPSA) is 321 Å². The van der Waals surface area contributed by atoms with E-state index in [1.165, 1.54) is 4.90 Å². The fourth-order valence-corrected chi connectivity index (χ4v) is 8.97. The van der Waals surface area contributed by atoms with Gasteiger partial charge in [-0.25, -0.2) is 0 Å². The Kier molecular flexibility index (Phi) is 36.0. The summed E-state index contributed by atoms with van der Waals surface area (Å²) in [7, 11) is 0. The van der Waals surface area contributed by atoms with E-state index in [0.717, 1.165) is 55.9 Å². The van der Waals surface area contributed by atoms with Crippen LogP contribution >= 0.6 is 11.8 Å². The molecule has 0 aromatic heterocycles. The number of hydrogen-bond acceptors (Lipinski definition) is 20. The highest BCUT2D eigenvalue weighted by Crippen LogP contribution is 2.36. The maximum Gasteiger partial charge on any atom is 0.246 e. The summed E-state index contributed by atoms with van der Waals surface area (Å²) in [5.74, 6) is -3.06. The predicted octanol–water partition coefficient (Wildman–Crippen LogP) is -0.712. The molecule has 6 N–H and O–H groups in total. The van der Waals surface area contributed by atoms with Crippen molar-refractivity contribution in [1.82, 2.24) is 36.8 Å². The van der Waals surface area contributed by atoms with E-state index >= 15 is 0 Å². The number of benzene rings is 1. The molecular formula is C55H87N7O19S. The molecule has 3 aliphatic rings. The fraction of sp³-hybridized carbons (Fsp3) is 0.727. The third-order valence-electron chi connectivity index (χ3n) is 13.1. The van der Waals surface area contributed by atoms with Crippen LogP contribution in [0.4, 0.5) is 0 Å². The number of hydrogen-bond donors (Lipinski definition) is 6. The van der Waals surface area contributed by atoms with Crippen LogP contribution in [0.3, 0.4) is 0 Å². The molecule has 2 aliphatic carbocycles. The smallest absolute Gasteiger partial charge is 0.246 e. The van der Waals surface area contributed by atoms with Crippen LogP contribution in [0, 0.1) is 23.7 Å². The van der Waals surface area contributed by atoms with Gasteiger partial charge >= 0.3 is 0 Å². The second-order valence-electron chi connectivity index (χ2n) is 19.7.